The second kappa shape index (κ2) is 7.09. The fraction of sp³-hybridized carbons (Fsp3) is 0.500. The maximum absolute atomic E-state index is 12.9. The lowest BCUT2D eigenvalue weighted by Gasteiger charge is -2.34. The zero-order valence-corrected chi connectivity index (χ0v) is 15.0. The second-order valence-electron chi connectivity index (χ2n) is 7.28. The predicted molar refractivity (Wildman–Crippen MR) is 95.7 cm³/mol. The van der Waals surface area contributed by atoms with E-state index >= 15 is 0 Å². The number of aryl methyl sites for hydroxylation is 1. The van der Waals surface area contributed by atoms with E-state index in [9.17, 15) is 9.18 Å². The highest BCUT2D eigenvalue weighted by Crippen LogP contribution is 2.41. The summed E-state index contributed by atoms with van der Waals surface area (Å²) in [6.07, 6.45) is 6.44. The van der Waals surface area contributed by atoms with Gasteiger partial charge in [-0.15, -0.1) is 0 Å². The van der Waals surface area contributed by atoms with Crippen molar-refractivity contribution in [1.82, 2.24) is 14.5 Å². The Kier molecular flexibility index (Phi) is 4.66. The van der Waals surface area contributed by atoms with Gasteiger partial charge in [0, 0.05) is 30.9 Å². The number of piperidine rings is 1. The van der Waals surface area contributed by atoms with Crippen LogP contribution in [0.25, 0.3) is 0 Å². The maximum atomic E-state index is 12.9. The molecule has 5 nitrogen and oxygen atoms in total. The van der Waals surface area contributed by atoms with E-state index in [0.717, 1.165) is 19.4 Å². The summed E-state index contributed by atoms with van der Waals surface area (Å²) in [5.41, 5.74) is 1.17. The number of likely N-dealkylation sites (tertiary alicyclic amines) is 1. The largest absolute Gasteiger partial charge is 0.484 e. The van der Waals surface area contributed by atoms with Crippen LogP contribution in [-0.2, 0) is 4.79 Å². The molecular weight excluding hydrogens is 333 g/mol. The first-order chi connectivity index (χ1) is 12.6. The SMILES string of the molecule is Cc1cnc(C2CC2)n1C1CCCN(C(=O)COc2ccc(F)cc2)C1. The van der Waals surface area contributed by atoms with Gasteiger partial charge in [-0.1, -0.05) is 0 Å². The lowest BCUT2D eigenvalue weighted by atomic mass is 10.0. The van der Waals surface area contributed by atoms with Crippen molar-refractivity contribution in [3.05, 3.63) is 47.8 Å². The molecule has 1 aliphatic carbocycles. The number of hydrogen-bond donors (Lipinski definition) is 0. The van der Waals surface area contributed by atoms with Crippen LogP contribution in [0.5, 0.6) is 5.75 Å². The number of aromatic nitrogens is 2. The molecule has 0 spiro atoms. The van der Waals surface area contributed by atoms with Gasteiger partial charge in [0.25, 0.3) is 5.91 Å². The molecule has 1 unspecified atom stereocenters. The first kappa shape index (κ1) is 17.1. The smallest absolute Gasteiger partial charge is 0.260 e. The predicted octanol–water partition coefficient (Wildman–Crippen LogP) is 3.45. The molecule has 0 N–H and O–H groups in total. The Morgan fingerprint density at radius 1 is 1.27 bits per heavy atom. The van der Waals surface area contributed by atoms with Gasteiger partial charge in [-0.25, -0.2) is 9.37 Å². The minimum Gasteiger partial charge on any atom is -0.484 e. The molecule has 1 amide bonds. The van der Waals surface area contributed by atoms with Crippen LogP contribution in [-0.4, -0.2) is 40.1 Å². The van der Waals surface area contributed by atoms with Crippen molar-refractivity contribution in [1.29, 1.82) is 0 Å². The van der Waals surface area contributed by atoms with Crippen molar-refractivity contribution in [2.75, 3.05) is 19.7 Å². The van der Waals surface area contributed by atoms with Gasteiger partial charge in [0.1, 0.15) is 17.4 Å². The zero-order chi connectivity index (χ0) is 18.1. The number of ether oxygens (including phenoxy) is 1. The van der Waals surface area contributed by atoms with Crippen LogP contribution >= 0.6 is 0 Å². The molecule has 2 aliphatic rings. The summed E-state index contributed by atoms with van der Waals surface area (Å²) in [7, 11) is 0. The first-order valence-corrected chi connectivity index (χ1v) is 9.31. The minimum atomic E-state index is -0.315. The summed E-state index contributed by atoms with van der Waals surface area (Å²) >= 11 is 0. The van der Waals surface area contributed by atoms with Crippen LogP contribution in [0.4, 0.5) is 4.39 Å². The van der Waals surface area contributed by atoms with Crippen molar-refractivity contribution in [3.63, 3.8) is 0 Å². The van der Waals surface area contributed by atoms with Crippen molar-refractivity contribution < 1.29 is 13.9 Å². The number of benzene rings is 1. The Balaban J connectivity index is 1.39. The quantitative estimate of drug-likeness (QED) is 0.823. The number of halogens is 1. The molecule has 138 valence electrons. The molecule has 1 saturated heterocycles. The van der Waals surface area contributed by atoms with E-state index in [2.05, 4.69) is 16.5 Å². The average Bonchev–Trinajstić information content (AvgIpc) is 3.43. The third-order valence-corrected chi connectivity index (χ3v) is 5.24. The molecule has 0 radical (unpaired) electrons. The van der Waals surface area contributed by atoms with Gasteiger partial charge in [-0.3, -0.25) is 4.79 Å². The third-order valence-electron chi connectivity index (χ3n) is 5.24. The molecule has 2 aromatic rings. The van der Waals surface area contributed by atoms with Gasteiger partial charge in [0.05, 0.1) is 6.04 Å². The van der Waals surface area contributed by atoms with E-state index in [1.54, 1.807) is 12.1 Å². The highest BCUT2D eigenvalue weighted by molar-refractivity contribution is 5.77. The number of imidazole rings is 1. The second-order valence-corrected chi connectivity index (χ2v) is 7.28. The third kappa shape index (κ3) is 3.59. The van der Waals surface area contributed by atoms with Crippen LogP contribution in [0.3, 0.4) is 0 Å². The molecular formula is C20H24FN3O2. The van der Waals surface area contributed by atoms with Crippen LogP contribution in [0, 0.1) is 12.7 Å². The molecule has 4 rings (SSSR count). The van der Waals surface area contributed by atoms with Crippen LogP contribution in [0.15, 0.2) is 30.5 Å². The Hall–Kier alpha value is -2.37. The van der Waals surface area contributed by atoms with E-state index in [0.29, 0.717) is 18.2 Å². The lowest BCUT2D eigenvalue weighted by Crippen LogP contribution is -2.43. The summed E-state index contributed by atoms with van der Waals surface area (Å²) in [5, 5.41) is 0. The molecule has 1 aromatic carbocycles. The minimum absolute atomic E-state index is 0.0171. The van der Waals surface area contributed by atoms with E-state index in [1.165, 1.54) is 36.5 Å². The van der Waals surface area contributed by atoms with Gasteiger partial charge >= 0.3 is 0 Å². The Labute approximate surface area is 152 Å². The van der Waals surface area contributed by atoms with Crippen molar-refractivity contribution >= 4 is 5.91 Å². The molecule has 0 bridgehead atoms. The van der Waals surface area contributed by atoms with Gasteiger partial charge in [-0.05, 0) is 56.9 Å². The topological polar surface area (TPSA) is 47.4 Å². The van der Waals surface area contributed by atoms with Gasteiger partial charge in [0.15, 0.2) is 6.61 Å². The maximum Gasteiger partial charge on any atom is 0.260 e. The number of hydrogen-bond acceptors (Lipinski definition) is 3. The fourth-order valence-corrected chi connectivity index (χ4v) is 3.74. The van der Waals surface area contributed by atoms with E-state index < -0.39 is 0 Å². The number of rotatable bonds is 5. The number of carbonyl (C=O) groups excluding carboxylic acids is 1. The van der Waals surface area contributed by atoms with E-state index in [-0.39, 0.29) is 24.4 Å². The van der Waals surface area contributed by atoms with Gasteiger partial charge < -0.3 is 14.2 Å². The molecule has 1 atom stereocenters. The molecule has 1 saturated carbocycles. The highest BCUT2D eigenvalue weighted by Gasteiger charge is 2.33. The molecule has 1 aromatic heterocycles. The highest BCUT2D eigenvalue weighted by atomic mass is 19.1. The fourth-order valence-electron chi connectivity index (χ4n) is 3.74. The Morgan fingerprint density at radius 3 is 2.77 bits per heavy atom. The van der Waals surface area contributed by atoms with Gasteiger partial charge in [0.2, 0.25) is 0 Å². The molecule has 2 fully saturated rings. The number of nitrogens with zero attached hydrogens (tertiary/aromatic N) is 3. The monoisotopic (exact) mass is 357 g/mol. The molecule has 6 heteroatoms. The normalized spacial score (nSPS) is 20.2. The first-order valence-electron chi connectivity index (χ1n) is 9.31. The van der Waals surface area contributed by atoms with Crippen molar-refractivity contribution in [3.8, 4) is 5.75 Å². The number of amides is 1. The number of carbonyl (C=O) groups is 1. The van der Waals surface area contributed by atoms with E-state index in [4.69, 9.17) is 4.74 Å². The zero-order valence-electron chi connectivity index (χ0n) is 15.0. The summed E-state index contributed by atoms with van der Waals surface area (Å²) in [4.78, 5) is 19.1. The lowest BCUT2D eigenvalue weighted by molar-refractivity contribution is -0.135. The average molecular weight is 357 g/mol. The van der Waals surface area contributed by atoms with Crippen LogP contribution in [0.2, 0.25) is 0 Å². The van der Waals surface area contributed by atoms with Gasteiger partial charge in [-0.2, -0.15) is 0 Å². The Morgan fingerprint density at radius 2 is 2.04 bits per heavy atom. The summed E-state index contributed by atoms with van der Waals surface area (Å²) in [6.45, 7) is 3.53. The Bertz CT molecular complexity index is 783. The molecule has 26 heavy (non-hydrogen) atoms. The van der Waals surface area contributed by atoms with Crippen molar-refractivity contribution in [2.45, 2.75) is 44.6 Å². The molecule has 1 aliphatic heterocycles. The standard InChI is InChI=1S/C20H24FN3O2/c1-14-11-22-20(15-4-5-15)24(14)17-3-2-10-23(12-17)19(25)13-26-18-8-6-16(21)7-9-18/h6-9,11,15,17H,2-5,10,12-13H2,1H3. The summed E-state index contributed by atoms with van der Waals surface area (Å²) < 4.78 is 20.8. The van der Waals surface area contributed by atoms with Crippen LogP contribution in [0.1, 0.15) is 49.2 Å². The molecule has 2 heterocycles. The summed E-state index contributed by atoms with van der Waals surface area (Å²) in [5.74, 6) is 1.95. The van der Waals surface area contributed by atoms with Crippen LogP contribution < -0.4 is 4.74 Å². The van der Waals surface area contributed by atoms with E-state index in [1.807, 2.05) is 11.1 Å². The summed E-state index contributed by atoms with van der Waals surface area (Å²) in [6, 6.07) is 6.03. The van der Waals surface area contributed by atoms with Crippen molar-refractivity contribution in [2.24, 2.45) is 0 Å².